The van der Waals surface area contributed by atoms with Crippen molar-refractivity contribution in [2.45, 2.75) is 32.0 Å². The van der Waals surface area contributed by atoms with Crippen LogP contribution in [0.3, 0.4) is 0 Å². The molecular weight excluding hydrogens is 266 g/mol. The fraction of sp³-hybridized carbons (Fsp3) is 0.312. The van der Waals surface area contributed by atoms with Gasteiger partial charge in [0, 0.05) is 29.6 Å². The molecule has 1 aliphatic rings. The molecule has 1 heterocycles. The van der Waals surface area contributed by atoms with Crippen LogP contribution in [-0.2, 0) is 13.1 Å². The summed E-state index contributed by atoms with van der Waals surface area (Å²) in [6.45, 7) is 1.95. The Balaban J connectivity index is 1.73. The van der Waals surface area contributed by atoms with Gasteiger partial charge in [-0.1, -0.05) is 24.3 Å². The van der Waals surface area contributed by atoms with Gasteiger partial charge in [-0.25, -0.2) is 0 Å². The maximum Gasteiger partial charge on any atom is 0.122 e. The lowest BCUT2D eigenvalue weighted by Gasteiger charge is -2.21. The molecule has 0 radical (unpaired) electrons. The first kappa shape index (κ1) is 13.3. The van der Waals surface area contributed by atoms with Crippen LogP contribution in [0.5, 0.6) is 0 Å². The molecule has 20 heavy (non-hydrogen) atoms. The van der Waals surface area contributed by atoms with E-state index in [4.69, 9.17) is 11.1 Å². The van der Waals surface area contributed by atoms with Gasteiger partial charge in [0.1, 0.15) is 5.84 Å². The SMILES string of the molecule is N=C(N)c1cccc(CN(Cc2cccs2)C2CC2)c1. The van der Waals surface area contributed by atoms with Gasteiger partial charge in [-0.15, -0.1) is 11.3 Å². The molecule has 3 N–H and O–H groups in total. The van der Waals surface area contributed by atoms with Gasteiger partial charge in [0.05, 0.1) is 0 Å². The van der Waals surface area contributed by atoms with Crippen molar-refractivity contribution in [1.82, 2.24) is 4.90 Å². The Morgan fingerprint density at radius 2 is 2.10 bits per heavy atom. The molecule has 2 aromatic rings. The fourth-order valence-corrected chi connectivity index (χ4v) is 3.16. The molecule has 1 aromatic heterocycles. The van der Waals surface area contributed by atoms with E-state index in [0.29, 0.717) is 0 Å². The highest BCUT2D eigenvalue weighted by Crippen LogP contribution is 2.30. The molecule has 3 rings (SSSR count). The number of nitrogens with two attached hydrogens (primary N) is 1. The topological polar surface area (TPSA) is 53.1 Å². The minimum absolute atomic E-state index is 0.142. The van der Waals surface area contributed by atoms with E-state index in [0.717, 1.165) is 24.7 Å². The van der Waals surface area contributed by atoms with Crippen molar-refractivity contribution >= 4 is 17.2 Å². The van der Waals surface area contributed by atoms with Crippen LogP contribution in [0.1, 0.15) is 28.8 Å². The van der Waals surface area contributed by atoms with Crippen molar-refractivity contribution in [3.63, 3.8) is 0 Å². The second-order valence-corrected chi connectivity index (χ2v) is 6.36. The predicted molar refractivity (Wildman–Crippen MR) is 84.0 cm³/mol. The van der Waals surface area contributed by atoms with E-state index in [1.165, 1.54) is 23.3 Å². The summed E-state index contributed by atoms with van der Waals surface area (Å²) in [5.74, 6) is 0.142. The average molecular weight is 285 g/mol. The molecule has 0 spiro atoms. The summed E-state index contributed by atoms with van der Waals surface area (Å²) in [6, 6.07) is 13.1. The molecule has 0 bridgehead atoms. The van der Waals surface area contributed by atoms with Gasteiger partial charge in [-0.3, -0.25) is 10.3 Å². The molecule has 0 amide bonds. The first-order valence-electron chi connectivity index (χ1n) is 6.92. The lowest BCUT2D eigenvalue weighted by molar-refractivity contribution is 0.248. The number of nitrogens with zero attached hydrogens (tertiary/aromatic N) is 1. The summed E-state index contributed by atoms with van der Waals surface area (Å²) in [5.41, 5.74) is 7.62. The first-order chi connectivity index (χ1) is 9.72. The van der Waals surface area contributed by atoms with Crippen LogP contribution in [0.4, 0.5) is 0 Å². The summed E-state index contributed by atoms with van der Waals surface area (Å²) in [7, 11) is 0. The Morgan fingerprint density at radius 3 is 2.75 bits per heavy atom. The van der Waals surface area contributed by atoms with E-state index in [1.54, 1.807) is 0 Å². The summed E-state index contributed by atoms with van der Waals surface area (Å²) in [5, 5.41) is 9.67. The first-order valence-corrected chi connectivity index (χ1v) is 7.80. The molecule has 0 saturated heterocycles. The minimum atomic E-state index is 0.142. The number of hydrogen-bond donors (Lipinski definition) is 2. The zero-order chi connectivity index (χ0) is 13.9. The molecule has 104 valence electrons. The van der Waals surface area contributed by atoms with Crippen molar-refractivity contribution in [2.24, 2.45) is 5.73 Å². The predicted octanol–water partition coefficient (Wildman–Crippen LogP) is 3.20. The number of rotatable bonds is 6. The fourth-order valence-electron chi connectivity index (χ4n) is 2.43. The van der Waals surface area contributed by atoms with Gasteiger partial charge in [-0.2, -0.15) is 0 Å². The zero-order valence-electron chi connectivity index (χ0n) is 11.4. The Labute approximate surface area is 123 Å². The Kier molecular flexibility index (Phi) is 3.85. The molecule has 1 aromatic carbocycles. The second kappa shape index (κ2) is 5.77. The third-order valence-corrected chi connectivity index (χ3v) is 4.49. The molecule has 4 heteroatoms. The van der Waals surface area contributed by atoms with Crippen LogP contribution in [0.25, 0.3) is 0 Å². The summed E-state index contributed by atoms with van der Waals surface area (Å²) in [4.78, 5) is 3.95. The van der Waals surface area contributed by atoms with Crippen molar-refractivity contribution in [2.75, 3.05) is 0 Å². The summed E-state index contributed by atoms with van der Waals surface area (Å²) >= 11 is 1.82. The van der Waals surface area contributed by atoms with E-state index in [-0.39, 0.29) is 5.84 Å². The number of nitrogen functional groups attached to an aromatic ring is 1. The van der Waals surface area contributed by atoms with Crippen LogP contribution in [-0.4, -0.2) is 16.8 Å². The molecule has 0 aliphatic heterocycles. The number of amidine groups is 1. The Morgan fingerprint density at radius 1 is 1.25 bits per heavy atom. The Bertz CT molecular complexity index is 588. The van der Waals surface area contributed by atoms with Gasteiger partial charge in [0.25, 0.3) is 0 Å². The standard InChI is InChI=1S/C16H19N3S/c17-16(18)13-4-1-3-12(9-13)10-19(14-6-7-14)11-15-5-2-8-20-15/h1-5,8-9,14H,6-7,10-11H2,(H3,17,18). The van der Waals surface area contributed by atoms with Gasteiger partial charge in [0.2, 0.25) is 0 Å². The largest absolute Gasteiger partial charge is 0.384 e. The summed E-state index contributed by atoms with van der Waals surface area (Å²) < 4.78 is 0. The van der Waals surface area contributed by atoms with Crippen molar-refractivity contribution in [3.8, 4) is 0 Å². The molecule has 3 nitrogen and oxygen atoms in total. The van der Waals surface area contributed by atoms with E-state index in [9.17, 15) is 0 Å². The van der Waals surface area contributed by atoms with Gasteiger partial charge >= 0.3 is 0 Å². The lowest BCUT2D eigenvalue weighted by Crippen LogP contribution is -2.24. The molecule has 1 aliphatic carbocycles. The number of nitrogens with one attached hydrogen (secondary N) is 1. The quantitative estimate of drug-likeness (QED) is 0.632. The maximum absolute atomic E-state index is 7.54. The van der Waals surface area contributed by atoms with Crippen molar-refractivity contribution < 1.29 is 0 Å². The molecule has 1 fully saturated rings. The van der Waals surface area contributed by atoms with Crippen molar-refractivity contribution in [3.05, 3.63) is 57.8 Å². The number of hydrogen-bond acceptors (Lipinski definition) is 3. The van der Waals surface area contributed by atoms with Gasteiger partial charge in [0.15, 0.2) is 0 Å². The van der Waals surface area contributed by atoms with Crippen molar-refractivity contribution in [1.29, 1.82) is 5.41 Å². The normalized spacial score (nSPS) is 14.7. The number of benzene rings is 1. The zero-order valence-corrected chi connectivity index (χ0v) is 12.2. The van der Waals surface area contributed by atoms with Crippen LogP contribution in [0.2, 0.25) is 0 Å². The highest BCUT2D eigenvalue weighted by molar-refractivity contribution is 7.09. The monoisotopic (exact) mass is 285 g/mol. The smallest absolute Gasteiger partial charge is 0.122 e. The van der Waals surface area contributed by atoms with Gasteiger partial charge < -0.3 is 5.73 Å². The van der Waals surface area contributed by atoms with Gasteiger partial charge in [-0.05, 0) is 35.9 Å². The summed E-state index contributed by atoms with van der Waals surface area (Å²) in [6.07, 6.45) is 2.61. The highest BCUT2D eigenvalue weighted by Gasteiger charge is 2.29. The van der Waals surface area contributed by atoms with E-state index in [2.05, 4.69) is 28.5 Å². The highest BCUT2D eigenvalue weighted by atomic mass is 32.1. The van der Waals surface area contributed by atoms with E-state index in [1.807, 2.05) is 29.5 Å². The second-order valence-electron chi connectivity index (χ2n) is 5.33. The molecular formula is C16H19N3S. The van der Waals surface area contributed by atoms with E-state index < -0.39 is 0 Å². The van der Waals surface area contributed by atoms with Crippen LogP contribution in [0, 0.1) is 5.41 Å². The average Bonchev–Trinajstić information content (AvgIpc) is 3.17. The lowest BCUT2D eigenvalue weighted by atomic mass is 10.1. The molecule has 1 saturated carbocycles. The van der Waals surface area contributed by atoms with Crippen LogP contribution >= 0.6 is 11.3 Å². The molecule has 0 atom stereocenters. The Hall–Kier alpha value is -1.65. The maximum atomic E-state index is 7.54. The minimum Gasteiger partial charge on any atom is -0.384 e. The number of thiophene rings is 1. The van der Waals surface area contributed by atoms with Crippen LogP contribution < -0.4 is 5.73 Å². The third-order valence-electron chi connectivity index (χ3n) is 3.63. The van der Waals surface area contributed by atoms with Crippen LogP contribution in [0.15, 0.2) is 41.8 Å². The molecule has 0 unspecified atom stereocenters. The third kappa shape index (κ3) is 3.26. The van der Waals surface area contributed by atoms with E-state index >= 15 is 0 Å².